The molecule has 0 amide bonds. The minimum absolute atomic E-state index is 0.207. The Hall–Kier alpha value is -1.90. The highest BCUT2D eigenvalue weighted by molar-refractivity contribution is 5.75. The lowest BCUT2D eigenvalue weighted by molar-refractivity contribution is 0.565. The van der Waals surface area contributed by atoms with Crippen molar-refractivity contribution in [2.75, 3.05) is 0 Å². The summed E-state index contributed by atoms with van der Waals surface area (Å²) in [5.41, 5.74) is -0.401. The second-order valence-electron chi connectivity index (χ2n) is 2.61. The van der Waals surface area contributed by atoms with Gasteiger partial charge in [-0.1, -0.05) is 12.1 Å². The Labute approximate surface area is 73.3 Å². The predicted octanol–water partition coefficient (Wildman–Crippen LogP) is 1.15. The van der Waals surface area contributed by atoms with Crippen LogP contribution in [0, 0.1) is 0 Å². The van der Waals surface area contributed by atoms with Crippen LogP contribution in [-0.2, 0) is 0 Å². The second kappa shape index (κ2) is 2.86. The maximum atomic E-state index is 11.3. The molecule has 0 spiro atoms. The molecule has 0 unspecified atom stereocenters. The molecular formula is C10H6O3. The van der Waals surface area contributed by atoms with Crippen LogP contribution in [0.25, 0.3) is 11.0 Å². The Morgan fingerprint density at radius 3 is 2.54 bits per heavy atom. The quantitative estimate of drug-likeness (QED) is 0.602. The molecule has 0 radical (unpaired) electrons. The van der Waals surface area contributed by atoms with E-state index in [1.165, 1.54) is 6.07 Å². The monoisotopic (exact) mass is 174 g/mol. The van der Waals surface area contributed by atoms with Crippen molar-refractivity contribution >= 4 is 11.0 Å². The van der Waals surface area contributed by atoms with Gasteiger partial charge in [-0.05, 0) is 18.2 Å². The Morgan fingerprint density at radius 1 is 0.923 bits per heavy atom. The maximum absolute atomic E-state index is 11.3. The van der Waals surface area contributed by atoms with E-state index in [-0.39, 0.29) is 5.43 Å². The summed E-state index contributed by atoms with van der Waals surface area (Å²) in [4.78, 5) is 22.3. The zero-order chi connectivity index (χ0) is 9.26. The van der Waals surface area contributed by atoms with E-state index in [0.717, 1.165) is 6.07 Å². The molecule has 0 aliphatic heterocycles. The zero-order valence-corrected chi connectivity index (χ0v) is 6.69. The Balaban J connectivity index is 3.13. The van der Waals surface area contributed by atoms with Crippen molar-refractivity contribution in [1.29, 1.82) is 0 Å². The summed E-state index contributed by atoms with van der Waals surface area (Å²) in [7, 11) is 0. The highest BCUT2D eigenvalue weighted by Crippen LogP contribution is 2.04. The van der Waals surface area contributed by atoms with Crippen LogP contribution in [-0.4, -0.2) is 0 Å². The number of para-hydroxylation sites is 1. The molecule has 1 aromatic heterocycles. The van der Waals surface area contributed by atoms with Crippen molar-refractivity contribution in [3.8, 4) is 0 Å². The Kier molecular flexibility index (Phi) is 1.70. The van der Waals surface area contributed by atoms with E-state index in [9.17, 15) is 9.59 Å². The van der Waals surface area contributed by atoms with E-state index in [1.807, 2.05) is 0 Å². The summed E-state index contributed by atoms with van der Waals surface area (Å²) >= 11 is 0. The van der Waals surface area contributed by atoms with Crippen LogP contribution >= 0.6 is 0 Å². The molecule has 0 saturated carbocycles. The van der Waals surface area contributed by atoms with Gasteiger partial charge in [0.2, 0.25) is 0 Å². The fourth-order valence-electron chi connectivity index (χ4n) is 1.14. The summed E-state index contributed by atoms with van der Waals surface area (Å²) in [5.74, 6) is 0. The maximum Gasteiger partial charge on any atom is 0.336 e. The second-order valence-corrected chi connectivity index (χ2v) is 2.61. The number of fused-ring (bicyclic) bond motifs is 1. The molecule has 0 atom stereocenters. The van der Waals surface area contributed by atoms with E-state index in [1.54, 1.807) is 24.3 Å². The Morgan fingerprint density at radius 2 is 1.69 bits per heavy atom. The van der Waals surface area contributed by atoms with Crippen molar-refractivity contribution in [3.05, 3.63) is 57.0 Å². The van der Waals surface area contributed by atoms with Gasteiger partial charge in [-0.15, -0.1) is 0 Å². The topological polar surface area (TPSA) is 47.3 Å². The van der Waals surface area contributed by atoms with Crippen LogP contribution in [0.1, 0.15) is 0 Å². The van der Waals surface area contributed by atoms with Gasteiger partial charge in [0.05, 0.1) is 5.39 Å². The Bertz CT molecular complexity index is 554. The summed E-state index contributed by atoms with van der Waals surface area (Å²) in [6.07, 6.45) is 0. The third kappa shape index (κ3) is 1.36. The van der Waals surface area contributed by atoms with Gasteiger partial charge in [0.25, 0.3) is 0 Å². The average molecular weight is 174 g/mol. The van der Waals surface area contributed by atoms with E-state index in [4.69, 9.17) is 4.42 Å². The number of rotatable bonds is 0. The van der Waals surface area contributed by atoms with Crippen LogP contribution in [0.3, 0.4) is 0 Å². The van der Waals surface area contributed by atoms with Crippen molar-refractivity contribution in [2.45, 2.75) is 0 Å². The van der Waals surface area contributed by atoms with Crippen LogP contribution in [0.4, 0.5) is 0 Å². The van der Waals surface area contributed by atoms with Crippen LogP contribution in [0.5, 0.6) is 0 Å². The van der Waals surface area contributed by atoms with Crippen molar-refractivity contribution < 1.29 is 4.42 Å². The molecule has 64 valence electrons. The van der Waals surface area contributed by atoms with Gasteiger partial charge >= 0.3 is 5.63 Å². The fourth-order valence-corrected chi connectivity index (χ4v) is 1.14. The molecule has 0 N–H and O–H groups in total. The minimum atomic E-state index is -0.515. The predicted molar refractivity (Wildman–Crippen MR) is 48.8 cm³/mol. The molecule has 0 bridgehead atoms. The first-order chi connectivity index (χ1) is 6.27. The van der Waals surface area contributed by atoms with E-state index in [2.05, 4.69) is 0 Å². The highest BCUT2D eigenvalue weighted by atomic mass is 16.4. The molecule has 2 aromatic rings. The van der Waals surface area contributed by atoms with Gasteiger partial charge in [0.15, 0.2) is 5.43 Å². The first-order valence-corrected chi connectivity index (χ1v) is 3.80. The molecule has 0 saturated heterocycles. The van der Waals surface area contributed by atoms with Gasteiger partial charge in [-0.2, -0.15) is 0 Å². The molecule has 0 fully saturated rings. The zero-order valence-electron chi connectivity index (χ0n) is 6.69. The third-order valence-electron chi connectivity index (χ3n) is 1.73. The van der Waals surface area contributed by atoms with Crippen LogP contribution in [0.15, 0.2) is 50.4 Å². The van der Waals surface area contributed by atoms with Gasteiger partial charge in [0.1, 0.15) is 5.58 Å². The fraction of sp³-hybridized carbons (Fsp3) is 0. The minimum Gasteiger partial charge on any atom is -0.423 e. The van der Waals surface area contributed by atoms with E-state index >= 15 is 0 Å². The number of benzene rings is 1. The molecule has 3 nitrogen and oxygen atoms in total. The van der Waals surface area contributed by atoms with Gasteiger partial charge in [0, 0.05) is 6.07 Å². The smallest absolute Gasteiger partial charge is 0.336 e. The average Bonchev–Trinajstić information content (AvgIpc) is 2.27. The lowest BCUT2D eigenvalue weighted by Gasteiger charge is -1.85. The molecule has 3 heteroatoms. The van der Waals surface area contributed by atoms with Gasteiger partial charge in [-0.25, -0.2) is 4.79 Å². The third-order valence-corrected chi connectivity index (χ3v) is 1.73. The standard InChI is InChI=1S/C10H6O3/c11-8-5-6-10(12)13-9-4-2-1-3-7(8)9/h1-6H. The summed E-state index contributed by atoms with van der Waals surface area (Å²) in [5, 5.41) is 0.421. The molecule has 0 aliphatic carbocycles. The molecule has 1 heterocycles. The molecular weight excluding hydrogens is 168 g/mol. The van der Waals surface area contributed by atoms with E-state index in [0.29, 0.717) is 11.0 Å². The number of hydrogen-bond acceptors (Lipinski definition) is 3. The lowest BCUT2D eigenvalue weighted by atomic mass is 10.2. The SMILES string of the molecule is O=c1ccc(=O)c2ccccc2o1. The summed E-state index contributed by atoms with van der Waals surface area (Å²) in [6.45, 7) is 0. The molecule has 13 heavy (non-hydrogen) atoms. The first-order valence-electron chi connectivity index (χ1n) is 3.80. The first kappa shape index (κ1) is 7.73. The van der Waals surface area contributed by atoms with E-state index < -0.39 is 5.63 Å². The lowest BCUT2D eigenvalue weighted by Crippen LogP contribution is -1.93. The van der Waals surface area contributed by atoms with Gasteiger partial charge in [-0.3, -0.25) is 4.79 Å². The van der Waals surface area contributed by atoms with Crippen molar-refractivity contribution in [1.82, 2.24) is 0 Å². The van der Waals surface area contributed by atoms with Crippen molar-refractivity contribution in [3.63, 3.8) is 0 Å². The molecule has 2 rings (SSSR count). The number of hydrogen-bond donors (Lipinski definition) is 0. The van der Waals surface area contributed by atoms with Crippen LogP contribution < -0.4 is 11.1 Å². The summed E-state index contributed by atoms with van der Waals surface area (Å²) in [6, 6.07) is 9.00. The summed E-state index contributed by atoms with van der Waals surface area (Å²) < 4.78 is 4.88. The largest absolute Gasteiger partial charge is 0.423 e. The highest BCUT2D eigenvalue weighted by Gasteiger charge is 1.96. The van der Waals surface area contributed by atoms with Gasteiger partial charge < -0.3 is 4.42 Å². The normalized spacial score (nSPS) is 10.2. The molecule has 0 aliphatic rings. The van der Waals surface area contributed by atoms with Crippen LogP contribution in [0.2, 0.25) is 0 Å². The molecule has 1 aromatic carbocycles. The van der Waals surface area contributed by atoms with Crippen molar-refractivity contribution in [2.24, 2.45) is 0 Å².